The summed E-state index contributed by atoms with van der Waals surface area (Å²) in [6.07, 6.45) is 4.91. The number of rotatable bonds is 7. The van der Waals surface area contributed by atoms with E-state index in [-0.39, 0.29) is 12.4 Å². The number of nitrogens with one attached hydrogen (secondary N) is 1. The lowest BCUT2D eigenvalue weighted by molar-refractivity contribution is -0.142. The molecule has 7 nitrogen and oxygen atoms in total. The summed E-state index contributed by atoms with van der Waals surface area (Å²) >= 11 is 1.38. The number of carbonyl (C=O) groups is 1. The van der Waals surface area contributed by atoms with Gasteiger partial charge in [0.05, 0.1) is 31.1 Å². The Bertz CT molecular complexity index is 858. The van der Waals surface area contributed by atoms with E-state index in [4.69, 9.17) is 9.15 Å². The monoisotopic (exact) mass is 356 g/mol. The second-order valence-electron chi connectivity index (χ2n) is 4.99. The van der Waals surface area contributed by atoms with Crippen LogP contribution in [0.2, 0.25) is 0 Å². The summed E-state index contributed by atoms with van der Waals surface area (Å²) in [5.74, 6) is 0.416. The quantitative estimate of drug-likeness (QED) is 0.397. The molecule has 0 spiro atoms. The van der Waals surface area contributed by atoms with Gasteiger partial charge in [0.25, 0.3) is 0 Å². The van der Waals surface area contributed by atoms with Crippen molar-refractivity contribution in [2.75, 3.05) is 12.0 Å². The number of oxazole rings is 1. The van der Waals surface area contributed by atoms with Crippen molar-refractivity contribution in [2.24, 2.45) is 5.10 Å². The number of nitrogens with zero attached hydrogens (tertiary/aromatic N) is 3. The second kappa shape index (κ2) is 8.20. The van der Waals surface area contributed by atoms with E-state index in [1.807, 2.05) is 24.3 Å². The number of benzene rings is 1. The molecule has 0 saturated heterocycles. The van der Waals surface area contributed by atoms with E-state index in [9.17, 15) is 4.79 Å². The maximum atomic E-state index is 11.4. The zero-order valence-corrected chi connectivity index (χ0v) is 14.3. The number of aromatic nitrogens is 2. The fraction of sp³-hybridized carbons (Fsp3) is 0.176. The minimum absolute atomic E-state index is 0.162. The van der Waals surface area contributed by atoms with Crippen LogP contribution in [0.3, 0.4) is 0 Å². The fourth-order valence-corrected chi connectivity index (χ4v) is 2.75. The van der Waals surface area contributed by atoms with Gasteiger partial charge in [-0.05, 0) is 18.6 Å². The van der Waals surface area contributed by atoms with Crippen molar-refractivity contribution in [2.45, 2.75) is 13.3 Å². The van der Waals surface area contributed by atoms with Crippen LogP contribution in [-0.4, -0.2) is 28.8 Å². The van der Waals surface area contributed by atoms with Crippen molar-refractivity contribution in [3.8, 4) is 11.3 Å². The molecule has 1 N–H and O–H groups in total. The van der Waals surface area contributed by atoms with Crippen molar-refractivity contribution in [3.05, 3.63) is 53.5 Å². The third-order valence-electron chi connectivity index (χ3n) is 3.16. The molecule has 2 aromatic heterocycles. The van der Waals surface area contributed by atoms with E-state index in [1.165, 1.54) is 17.7 Å². The Hall–Kier alpha value is -3.00. The number of thiazole rings is 1. The average molecular weight is 356 g/mol. The summed E-state index contributed by atoms with van der Waals surface area (Å²) in [6, 6.07) is 7.73. The summed E-state index contributed by atoms with van der Waals surface area (Å²) in [5, 5.41) is 6.59. The Morgan fingerprint density at radius 1 is 1.48 bits per heavy atom. The molecule has 0 saturated carbocycles. The first-order valence-corrected chi connectivity index (χ1v) is 8.50. The van der Waals surface area contributed by atoms with E-state index in [1.54, 1.807) is 24.7 Å². The molecule has 0 fully saturated rings. The van der Waals surface area contributed by atoms with Gasteiger partial charge in [0, 0.05) is 10.9 Å². The summed E-state index contributed by atoms with van der Waals surface area (Å²) in [4.78, 5) is 19.6. The van der Waals surface area contributed by atoms with Gasteiger partial charge >= 0.3 is 5.97 Å². The average Bonchev–Trinajstić information content (AvgIpc) is 3.27. The number of hydrogen-bond donors (Lipinski definition) is 1. The van der Waals surface area contributed by atoms with Gasteiger partial charge in [0.2, 0.25) is 5.13 Å². The van der Waals surface area contributed by atoms with Gasteiger partial charge in [-0.3, -0.25) is 10.2 Å². The van der Waals surface area contributed by atoms with Crippen LogP contribution in [0.25, 0.3) is 11.3 Å². The molecule has 8 heteroatoms. The summed E-state index contributed by atoms with van der Waals surface area (Å²) in [7, 11) is 0. The molecule has 0 aliphatic carbocycles. The van der Waals surface area contributed by atoms with E-state index < -0.39 is 0 Å². The number of anilines is 1. The number of hydrogen-bond acceptors (Lipinski definition) is 8. The first-order valence-electron chi connectivity index (χ1n) is 7.62. The van der Waals surface area contributed by atoms with Gasteiger partial charge in [0.1, 0.15) is 0 Å². The number of ether oxygens (including phenoxy) is 1. The largest absolute Gasteiger partial charge is 0.466 e. The van der Waals surface area contributed by atoms with Gasteiger partial charge in [-0.25, -0.2) is 9.97 Å². The van der Waals surface area contributed by atoms with Crippen molar-refractivity contribution >= 4 is 28.7 Å². The minimum atomic E-state index is -0.285. The van der Waals surface area contributed by atoms with Gasteiger partial charge in [0.15, 0.2) is 12.2 Å². The first-order chi connectivity index (χ1) is 12.2. The van der Waals surface area contributed by atoms with Crippen LogP contribution in [0.4, 0.5) is 5.13 Å². The Labute approximate surface area is 148 Å². The lowest BCUT2D eigenvalue weighted by atomic mass is 10.1. The molecule has 128 valence electrons. The number of hydrazone groups is 1. The topological polar surface area (TPSA) is 89.6 Å². The maximum Gasteiger partial charge on any atom is 0.311 e. The fourth-order valence-electron chi connectivity index (χ4n) is 2.09. The standard InChI is InChI=1S/C17H16N4O3S/c1-2-23-16(22)7-14-10-25-17(20-14)21-19-8-12-4-3-5-13(6-12)15-9-18-11-24-15/h3-6,8-11H,2,7H2,1H3,(H,20,21). The molecular weight excluding hydrogens is 340 g/mol. The van der Waals surface area contributed by atoms with Gasteiger partial charge in [-0.2, -0.15) is 5.10 Å². The summed E-state index contributed by atoms with van der Waals surface area (Å²) in [5.41, 5.74) is 5.35. The summed E-state index contributed by atoms with van der Waals surface area (Å²) < 4.78 is 10.2. The molecule has 0 radical (unpaired) electrons. The van der Waals surface area contributed by atoms with Crippen molar-refractivity contribution < 1.29 is 13.9 Å². The SMILES string of the molecule is CCOC(=O)Cc1csc(NN=Cc2cccc(-c3cnco3)c2)n1. The van der Waals surface area contributed by atoms with E-state index >= 15 is 0 Å². The van der Waals surface area contributed by atoms with Crippen molar-refractivity contribution in [1.82, 2.24) is 9.97 Å². The normalized spacial score (nSPS) is 10.9. The van der Waals surface area contributed by atoms with Crippen LogP contribution in [-0.2, 0) is 16.0 Å². The highest BCUT2D eigenvalue weighted by Crippen LogP contribution is 2.19. The van der Waals surface area contributed by atoms with Crippen LogP contribution in [0.1, 0.15) is 18.2 Å². The molecule has 0 atom stereocenters. The third kappa shape index (κ3) is 4.74. The molecule has 0 unspecified atom stereocenters. The molecular formula is C17H16N4O3S. The highest BCUT2D eigenvalue weighted by Gasteiger charge is 2.08. The predicted octanol–water partition coefficient (Wildman–Crippen LogP) is 3.35. The Morgan fingerprint density at radius 2 is 2.40 bits per heavy atom. The predicted molar refractivity (Wildman–Crippen MR) is 95.6 cm³/mol. The van der Waals surface area contributed by atoms with Crippen LogP contribution >= 0.6 is 11.3 Å². The molecule has 2 heterocycles. The van der Waals surface area contributed by atoms with Crippen molar-refractivity contribution in [1.29, 1.82) is 0 Å². The second-order valence-corrected chi connectivity index (χ2v) is 5.85. The van der Waals surface area contributed by atoms with E-state index in [0.717, 1.165) is 11.1 Å². The number of esters is 1. The molecule has 1 aromatic carbocycles. The van der Waals surface area contributed by atoms with Gasteiger partial charge in [-0.1, -0.05) is 18.2 Å². The number of carbonyl (C=O) groups excluding carboxylic acids is 1. The molecule has 0 bridgehead atoms. The lowest BCUT2D eigenvalue weighted by Crippen LogP contribution is -2.07. The van der Waals surface area contributed by atoms with E-state index in [2.05, 4.69) is 20.5 Å². The Kier molecular flexibility index (Phi) is 5.53. The maximum absolute atomic E-state index is 11.4. The molecule has 3 aromatic rings. The Balaban J connectivity index is 1.59. The van der Waals surface area contributed by atoms with Crippen LogP contribution < -0.4 is 5.43 Å². The zero-order chi connectivity index (χ0) is 17.5. The van der Waals surface area contributed by atoms with Crippen LogP contribution in [0.5, 0.6) is 0 Å². The highest BCUT2D eigenvalue weighted by molar-refractivity contribution is 7.13. The third-order valence-corrected chi connectivity index (χ3v) is 3.96. The molecule has 0 aliphatic rings. The zero-order valence-electron chi connectivity index (χ0n) is 13.5. The van der Waals surface area contributed by atoms with Gasteiger partial charge in [-0.15, -0.1) is 11.3 Å². The van der Waals surface area contributed by atoms with Gasteiger partial charge < -0.3 is 9.15 Å². The highest BCUT2D eigenvalue weighted by atomic mass is 32.1. The smallest absolute Gasteiger partial charge is 0.311 e. The minimum Gasteiger partial charge on any atom is -0.466 e. The first kappa shape index (κ1) is 16.8. The summed E-state index contributed by atoms with van der Waals surface area (Å²) in [6.45, 7) is 2.14. The van der Waals surface area contributed by atoms with Crippen LogP contribution in [0, 0.1) is 0 Å². The molecule has 0 aliphatic heterocycles. The molecule has 3 rings (SSSR count). The van der Waals surface area contributed by atoms with E-state index in [0.29, 0.717) is 23.2 Å². The van der Waals surface area contributed by atoms with Crippen molar-refractivity contribution in [3.63, 3.8) is 0 Å². The molecule has 25 heavy (non-hydrogen) atoms. The Morgan fingerprint density at radius 3 is 3.20 bits per heavy atom. The molecule has 0 amide bonds. The van der Waals surface area contributed by atoms with Crippen LogP contribution in [0.15, 0.2) is 51.8 Å². The lowest BCUT2D eigenvalue weighted by Gasteiger charge is -1.99.